The molecular formula is C24H25NO4. The number of carbonyl (C=O) groups is 1. The Balaban J connectivity index is 1.66. The molecule has 0 spiro atoms. The fourth-order valence-electron chi connectivity index (χ4n) is 3.00. The molecule has 3 aromatic carbocycles. The quantitative estimate of drug-likeness (QED) is 0.565. The third-order valence-electron chi connectivity index (χ3n) is 4.54. The van der Waals surface area contributed by atoms with E-state index in [1.165, 1.54) is 0 Å². The Hall–Kier alpha value is -3.47. The zero-order chi connectivity index (χ0) is 20.6. The summed E-state index contributed by atoms with van der Waals surface area (Å²) in [6.07, 6.45) is 0. The van der Waals surface area contributed by atoms with Gasteiger partial charge < -0.3 is 19.1 Å². The number of benzene rings is 3. The van der Waals surface area contributed by atoms with Gasteiger partial charge in [0.1, 0.15) is 12.4 Å². The maximum atomic E-state index is 12.9. The monoisotopic (exact) mass is 391 g/mol. The minimum atomic E-state index is -0.0788. The number of hydrogen-bond donors (Lipinski definition) is 0. The highest BCUT2D eigenvalue weighted by molar-refractivity contribution is 5.94. The highest BCUT2D eigenvalue weighted by atomic mass is 16.5. The van der Waals surface area contributed by atoms with Gasteiger partial charge in [-0.05, 0) is 41.5 Å². The van der Waals surface area contributed by atoms with Crippen LogP contribution in [0.2, 0.25) is 0 Å². The lowest BCUT2D eigenvalue weighted by Gasteiger charge is -2.19. The van der Waals surface area contributed by atoms with Crippen LogP contribution in [0, 0.1) is 0 Å². The number of methoxy groups -OCH3 is 2. The van der Waals surface area contributed by atoms with Gasteiger partial charge in [-0.2, -0.15) is 0 Å². The van der Waals surface area contributed by atoms with Crippen molar-refractivity contribution < 1.29 is 19.0 Å². The molecule has 0 fully saturated rings. The predicted molar refractivity (Wildman–Crippen MR) is 113 cm³/mol. The molecule has 0 heterocycles. The molecule has 29 heavy (non-hydrogen) atoms. The van der Waals surface area contributed by atoms with Crippen LogP contribution in [0.1, 0.15) is 21.5 Å². The predicted octanol–water partition coefficient (Wildman–Crippen LogP) is 4.56. The Kier molecular flexibility index (Phi) is 6.74. The summed E-state index contributed by atoms with van der Waals surface area (Å²) in [4.78, 5) is 14.5. The SMILES string of the molecule is COc1ccc(CN(C)C(=O)c2cccc(OCc3ccccc3)c2)cc1OC. The molecule has 5 nitrogen and oxygen atoms in total. The van der Waals surface area contributed by atoms with Crippen LogP contribution in [0.3, 0.4) is 0 Å². The lowest BCUT2D eigenvalue weighted by Crippen LogP contribution is -2.26. The molecule has 0 saturated carbocycles. The highest BCUT2D eigenvalue weighted by Gasteiger charge is 2.14. The average molecular weight is 391 g/mol. The van der Waals surface area contributed by atoms with Crippen LogP contribution >= 0.6 is 0 Å². The first-order chi connectivity index (χ1) is 14.1. The van der Waals surface area contributed by atoms with Gasteiger partial charge >= 0.3 is 0 Å². The van der Waals surface area contributed by atoms with E-state index < -0.39 is 0 Å². The molecule has 0 unspecified atom stereocenters. The van der Waals surface area contributed by atoms with Gasteiger partial charge in [-0.15, -0.1) is 0 Å². The summed E-state index contributed by atoms with van der Waals surface area (Å²) in [6.45, 7) is 0.911. The molecule has 5 heteroatoms. The van der Waals surface area contributed by atoms with Gasteiger partial charge in [-0.3, -0.25) is 4.79 Å². The van der Waals surface area contributed by atoms with Crippen molar-refractivity contribution in [3.05, 3.63) is 89.5 Å². The molecule has 1 amide bonds. The second-order valence-electron chi connectivity index (χ2n) is 6.65. The van der Waals surface area contributed by atoms with Crippen molar-refractivity contribution >= 4 is 5.91 Å². The topological polar surface area (TPSA) is 48.0 Å². The largest absolute Gasteiger partial charge is 0.493 e. The van der Waals surface area contributed by atoms with E-state index in [-0.39, 0.29) is 5.91 Å². The number of amides is 1. The molecule has 0 aromatic heterocycles. The lowest BCUT2D eigenvalue weighted by molar-refractivity contribution is 0.0784. The van der Waals surface area contributed by atoms with Gasteiger partial charge in [0.15, 0.2) is 11.5 Å². The molecule has 0 aliphatic heterocycles. The Morgan fingerprint density at radius 3 is 2.31 bits per heavy atom. The summed E-state index contributed by atoms with van der Waals surface area (Å²) in [6, 6.07) is 22.8. The van der Waals surface area contributed by atoms with Gasteiger partial charge in [0.25, 0.3) is 5.91 Å². The number of carbonyl (C=O) groups excluding carboxylic acids is 1. The third-order valence-corrected chi connectivity index (χ3v) is 4.54. The van der Waals surface area contributed by atoms with E-state index in [1.807, 2.05) is 60.7 Å². The molecule has 0 saturated heterocycles. The van der Waals surface area contributed by atoms with Crippen molar-refractivity contribution in [1.82, 2.24) is 4.90 Å². The summed E-state index contributed by atoms with van der Waals surface area (Å²) in [5.74, 6) is 1.89. The van der Waals surface area contributed by atoms with Crippen molar-refractivity contribution in [2.45, 2.75) is 13.2 Å². The van der Waals surface area contributed by atoms with E-state index in [9.17, 15) is 4.79 Å². The van der Waals surface area contributed by atoms with Crippen molar-refractivity contribution in [2.75, 3.05) is 21.3 Å². The summed E-state index contributed by atoms with van der Waals surface area (Å²) in [5, 5.41) is 0. The standard InChI is InChI=1S/C24H25NO4/c1-25(16-19-12-13-22(27-2)23(14-19)28-3)24(26)20-10-7-11-21(15-20)29-17-18-8-5-4-6-9-18/h4-15H,16-17H2,1-3H3. The molecule has 150 valence electrons. The molecule has 0 aliphatic rings. The minimum absolute atomic E-state index is 0.0788. The van der Waals surface area contributed by atoms with Crippen LogP contribution in [0.15, 0.2) is 72.8 Å². The van der Waals surface area contributed by atoms with E-state index in [0.29, 0.717) is 36.0 Å². The number of rotatable bonds is 8. The Bertz CT molecular complexity index is 956. The van der Waals surface area contributed by atoms with Gasteiger partial charge in [-0.1, -0.05) is 42.5 Å². The summed E-state index contributed by atoms with van der Waals surface area (Å²) < 4.78 is 16.4. The number of nitrogens with zero attached hydrogens (tertiary/aromatic N) is 1. The Morgan fingerprint density at radius 2 is 1.59 bits per heavy atom. The van der Waals surface area contributed by atoms with E-state index in [1.54, 1.807) is 38.3 Å². The van der Waals surface area contributed by atoms with Crippen molar-refractivity contribution in [3.8, 4) is 17.2 Å². The third kappa shape index (κ3) is 5.29. The smallest absolute Gasteiger partial charge is 0.254 e. The zero-order valence-electron chi connectivity index (χ0n) is 16.9. The van der Waals surface area contributed by atoms with E-state index >= 15 is 0 Å². The molecule has 0 atom stereocenters. The fraction of sp³-hybridized carbons (Fsp3) is 0.208. The first-order valence-corrected chi connectivity index (χ1v) is 9.34. The maximum Gasteiger partial charge on any atom is 0.254 e. The van der Waals surface area contributed by atoms with Crippen LogP contribution in [0.5, 0.6) is 17.2 Å². The van der Waals surface area contributed by atoms with E-state index in [4.69, 9.17) is 14.2 Å². The van der Waals surface area contributed by atoms with Gasteiger partial charge in [0.05, 0.1) is 14.2 Å². The maximum absolute atomic E-state index is 12.9. The van der Waals surface area contributed by atoms with Crippen LogP contribution in [0.25, 0.3) is 0 Å². The number of ether oxygens (including phenoxy) is 3. The Morgan fingerprint density at radius 1 is 0.828 bits per heavy atom. The lowest BCUT2D eigenvalue weighted by atomic mass is 10.1. The first kappa shape index (κ1) is 20.3. The van der Waals surface area contributed by atoms with Gasteiger partial charge in [-0.25, -0.2) is 0 Å². The second-order valence-corrected chi connectivity index (χ2v) is 6.65. The molecular weight excluding hydrogens is 366 g/mol. The molecule has 0 aliphatic carbocycles. The Labute approximate surface area is 171 Å². The van der Waals surface area contributed by atoms with E-state index in [2.05, 4.69) is 0 Å². The van der Waals surface area contributed by atoms with Crippen molar-refractivity contribution in [2.24, 2.45) is 0 Å². The molecule has 3 aromatic rings. The fourth-order valence-corrected chi connectivity index (χ4v) is 3.00. The highest BCUT2D eigenvalue weighted by Crippen LogP contribution is 2.28. The zero-order valence-corrected chi connectivity index (χ0v) is 16.9. The summed E-state index contributed by atoms with van der Waals surface area (Å²) in [7, 11) is 4.97. The molecule has 0 bridgehead atoms. The van der Waals surface area contributed by atoms with Crippen LogP contribution in [0.4, 0.5) is 0 Å². The van der Waals surface area contributed by atoms with Crippen LogP contribution in [-0.2, 0) is 13.2 Å². The minimum Gasteiger partial charge on any atom is -0.493 e. The van der Waals surface area contributed by atoms with Gasteiger partial charge in [0.2, 0.25) is 0 Å². The second kappa shape index (κ2) is 9.64. The first-order valence-electron chi connectivity index (χ1n) is 9.34. The van der Waals surface area contributed by atoms with Crippen LogP contribution < -0.4 is 14.2 Å². The van der Waals surface area contributed by atoms with Crippen LogP contribution in [-0.4, -0.2) is 32.1 Å². The molecule has 3 rings (SSSR count). The summed E-state index contributed by atoms with van der Waals surface area (Å²) in [5.41, 5.74) is 2.61. The van der Waals surface area contributed by atoms with Gasteiger partial charge in [0, 0.05) is 19.2 Å². The molecule has 0 radical (unpaired) electrons. The summed E-state index contributed by atoms with van der Waals surface area (Å²) >= 11 is 0. The van der Waals surface area contributed by atoms with Crippen molar-refractivity contribution in [1.29, 1.82) is 0 Å². The average Bonchev–Trinajstić information content (AvgIpc) is 2.78. The molecule has 0 N–H and O–H groups in total. The van der Waals surface area contributed by atoms with E-state index in [0.717, 1.165) is 11.1 Å². The number of hydrogen-bond acceptors (Lipinski definition) is 4. The normalized spacial score (nSPS) is 10.3. The van der Waals surface area contributed by atoms with Crippen molar-refractivity contribution in [3.63, 3.8) is 0 Å².